The van der Waals surface area contributed by atoms with Gasteiger partial charge < -0.3 is 15.4 Å². The Balaban J connectivity index is 2.30. The highest BCUT2D eigenvalue weighted by Gasteiger charge is 2.26. The molecule has 0 spiro atoms. The Morgan fingerprint density at radius 1 is 1.47 bits per heavy atom. The lowest BCUT2D eigenvalue weighted by Crippen LogP contribution is -2.25. The molecule has 1 unspecified atom stereocenters. The predicted octanol–water partition coefficient (Wildman–Crippen LogP) is 2.46. The summed E-state index contributed by atoms with van der Waals surface area (Å²) >= 11 is 0. The summed E-state index contributed by atoms with van der Waals surface area (Å²) in [6.07, 6.45) is 1.20. The normalized spacial score (nSPS) is 18.9. The molecule has 4 heteroatoms. The van der Waals surface area contributed by atoms with Crippen LogP contribution in [-0.2, 0) is 0 Å². The fraction of sp³-hybridized carbons (Fsp3) is 0.533. The molecule has 1 atom stereocenters. The van der Waals surface area contributed by atoms with E-state index in [4.69, 9.17) is 15.9 Å². The molecule has 0 bridgehead atoms. The number of hydrogen-bond donors (Lipinski definition) is 2. The van der Waals surface area contributed by atoms with Crippen molar-refractivity contribution >= 4 is 11.5 Å². The van der Waals surface area contributed by atoms with E-state index >= 15 is 0 Å². The minimum absolute atomic E-state index is 0.116. The number of hydrogen-bond acceptors (Lipinski definition) is 3. The van der Waals surface area contributed by atoms with Crippen molar-refractivity contribution in [3.05, 3.63) is 23.8 Å². The maximum atomic E-state index is 7.71. The molecule has 1 aromatic rings. The zero-order valence-corrected chi connectivity index (χ0v) is 11.9. The van der Waals surface area contributed by atoms with Gasteiger partial charge in [0, 0.05) is 24.7 Å². The van der Waals surface area contributed by atoms with E-state index in [1.165, 1.54) is 6.42 Å². The molecule has 0 aliphatic carbocycles. The Kier molecular flexibility index (Phi) is 3.98. The van der Waals surface area contributed by atoms with Crippen LogP contribution >= 0.6 is 0 Å². The van der Waals surface area contributed by atoms with E-state index in [1.807, 2.05) is 18.2 Å². The molecular weight excluding hydrogens is 238 g/mol. The SMILES string of the molecule is COc1ccc(C(=N)N)c(N2CCC(C(C)C)C2)c1. The van der Waals surface area contributed by atoms with E-state index in [0.29, 0.717) is 11.8 Å². The topological polar surface area (TPSA) is 62.3 Å². The van der Waals surface area contributed by atoms with E-state index in [-0.39, 0.29) is 5.84 Å². The monoisotopic (exact) mass is 261 g/mol. The van der Waals surface area contributed by atoms with Gasteiger partial charge >= 0.3 is 0 Å². The van der Waals surface area contributed by atoms with Gasteiger partial charge in [-0.25, -0.2) is 0 Å². The maximum absolute atomic E-state index is 7.71. The standard InChI is InChI=1S/C15H23N3O/c1-10(2)11-6-7-18(9-11)14-8-12(19-3)4-5-13(14)15(16)17/h4-5,8,10-11H,6-7,9H2,1-3H3,(H3,16,17). The molecule has 19 heavy (non-hydrogen) atoms. The first-order valence-electron chi connectivity index (χ1n) is 6.80. The molecule has 0 saturated carbocycles. The van der Waals surface area contributed by atoms with E-state index in [0.717, 1.165) is 30.1 Å². The Morgan fingerprint density at radius 3 is 2.74 bits per heavy atom. The molecular formula is C15H23N3O. The molecule has 1 aliphatic rings. The first kappa shape index (κ1) is 13.7. The number of anilines is 1. The van der Waals surface area contributed by atoms with Crippen LogP contribution in [0.3, 0.4) is 0 Å². The first-order chi connectivity index (χ1) is 9.02. The van der Waals surface area contributed by atoms with Crippen molar-refractivity contribution in [2.24, 2.45) is 17.6 Å². The Morgan fingerprint density at radius 2 is 2.21 bits per heavy atom. The van der Waals surface area contributed by atoms with Crippen LogP contribution in [0.15, 0.2) is 18.2 Å². The average Bonchev–Trinajstić information content (AvgIpc) is 2.87. The second-order valence-electron chi connectivity index (χ2n) is 5.54. The molecule has 1 heterocycles. The molecule has 2 rings (SSSR count). The minimum atomic E-state index is 0.116. The van der Waals surface area contributed by atoms with Crippen LogP contribution in [0.25, 0.3) is 0 Å². The summed E-state index contributed by atoms with van der Waals surface area (Å²) in [7, 11) is 1.66. The Hall–Kier alpha value is -1.71. The van der Waals surface area contributed by atoms with Crippen molar-refractivity contribution in [3.8, 4) is 5.75 Å². The van der Waals surface area contributed by atoms with Gasteiger partial charge in [0.2, 0.25) is 0 Å². The van der Waals surface area contributed by atoms with Gasteiger partial charge in [-0.05, 0) is 30.4 Å². The number of rotatable bonds is 4. The summed E-state index contributed by atoms with van der Waals surface area (Å²) < 4.78 is 5.29. The second kappa shape index (κ2) is 5.51. The lowest BCUT2D eigenvalue weighted by molar-refractivity contribution is 0.414. The average molecular weight is 261 g/mol. The maximum Gasteiger partial charge on any atom is 0.124 e. The lowest BCUT2D eigenvalue weighted by atomic mass is 9.95. The van der Waals surface area contributed by atoms with Crippen molar-refractivity contribution in [2.75, 3.05) is 25.1 Å². The van der Waals surface area contributed by atoms with E-state index in [9.17, 15) is 0 Å². The number of ether oxygens (including phenoxy) is 1. The Bertz CT molecular complexity index is 470. The molecule has 104 valence electrons. The molecule has 1 saturated heterocycles. The highest BCUT2D eigenvalue weighted by molar-refractivity contribution is 6.00. The number of benzene rings is 1. The fourth-order valence-corrected chi connectivity index (χ4v) is 2.68. The molecule has 3 N–H and O–H groups in total. The highest BCUT2D eigenvalue weighted by atomic mass is 16.5. The fourth-order valence-electron chi connectivity index (χ4n) is 2.68. The van der Waals surface area contributed by atoms with Crippen LogP contribution in [0.2, 0.25) is 0 Å². The lowest BCUT2D eigenvalue weighted by Gasteiger charge is -2.23. The summed E-state index contributed by atoms with van der Waals surface area (Å²) in [6.45, 7) is 6.60. The zero-order valence-electron chi connectivity index (χ0n) is 11.9. The summed E-state index contributed by atoms with van der Waals surface area (Å²) in [5.74, 6) is 2.33. The van der Waals surface area contributed by atoms with Gasteiger partial charge in [0.15, 0.2) is 0 Å². The van der Waals surface area contributed by atoms with Crippen molar-refractivity contribution in [1.29, 1.82) is 5.41 Å². The Labute approximate surface area is 115 Å². The van der Waals surface area contributed by atoms with Crippen molar-refractivity contribution in [2.45, 2.75) is 20.3 Å². The zero-order chi connectivity index (χ0) is 14.0. The number of nitrogens with two attached hydrogens (primary N) is 1. The van der Waals surface area contributed by atoms with Crippen molar-refractivity contribution in [3.63, 3.8) is 0 Å². The second-order valence-corrected chi connectivity index (χ2v) is 5.54. The summed E-state index contributed by atoms with van der Waals surface area (Å²) in [5.41, 5.74) is 7.50. The first-order valence-corrected chi connectivity index (χ1v) is 6.80. The summed E-state index contributed by atoms with van der Waals surface area (Å²) in [4.78, 5) is 2.32. The van der Waals surface area contributed by atoms with Gasteiger partial charge in [-0.15, -0.1) is 0 Å². The minimum Gasteiger partial charge on any atom is -0.497 e. The number of nitrogens with one attached hydrogen (secondary N) is 1. The van der Waals surface area contributed by atoms with Crippen LogP contribution in [0.5, 0.6) is 5.75 Å². The predicted molar refractivity (Wildman–Crippen MR) is 79.2 cm³/mol. The summed E-state index contributed by atoms with van der Waals surface area (Å²) in [5, 5.41) is 7.71. The smallest absolute Gasteiger partial charge is 0.124 e. The van der Waals surface area contributed by atoms with E-state index in [2.05, 4.69) is 18.7 Å². The number of methoxy groups -OCH3 is 1. The third kappa shape index (κ3) is 2.83. The van der Waals surface area contributed by atoms with Crippen LogP contribution < -0.4 is 15.4 Å². The number of nitrogens with zero attached hydrogens (tertiary/aromatic N) is 1. The molecule has 1 aliphatic heterocycles. The van der Waals surface area contributed by atoms with Crippen LogP contribution in [0.4, 0.5) is 5.69 Å². The highest BCUT2D eigenvalue weighted by Crippen LogP contribution is 2.32. The third-order valence-corrected chi connectivity index (χ3v) is 4.00. The van der Waals surface area contributed by atoms with Gasteiger partial charge in [-0.3, -0.25) is 5.41 Å². The summed E-state index contributed by atoms with van der Waals surface area (Å²) in [6, 6.07) is 5.72. The van der Waals surface area contributed by atoms with Gasteiger partial charge in [-0.1, -0.05) is 13.8 Å². The van der Waals surface area contributed by atoms with E-state index < -0.39 is 0 Å². The molecule has 1 aromatic carbocycles. The number of amidine groups is 1. The van der Waals surface area contributed by atoms with Crippen molar-refractivity contribution < 1.29 is 4.74 Å². The van der Waals surface area contributed by atoms with Gasteiger partial charge in [0.1, 0.15) is 11.6 Å². The van der Waals surface area contributed by atoms with Crippen molar-refractivity contribution in [1.82, 2.24) is 0 Å². The van der Waals surface area contributed by atoms with Gasteiger partial charge in [0.25, 0.3) is 0 Å². The molecule has 4 nitrogen and oxygen atoms in total. The largest absolute Gasteiger partial charge is 0.497 e. The van der Waals surface area contributed by atoms with Gasteiger partial charge in [0.05, 0.1) is 12.8 Å². The van der Waals surface area contributed by atoms with Crippen LogP contribution in [-0.4, -0.2) is 26.0 Å². The molecule has 0 aromatic heterocycles. The third-order valence-electron chi connectivity index (χ3n) is 4.00. The van der Waals surface area contributed by atoms with E-state index in [1.54, 1.807) is 7.11 Å². The molecule has 0 amide bonds. The number of nitrogen functional groups attached to an aromatic ring is 1. The molecule has 0 radical (unpaired) electrons. The van der Waals surface area contributed by atoms with Gasteiger partial charge in [-0.2, -0.15) is 0 Å². The molecule has 1 fully saturated rings. The van der Waals surface area contributed by atoms with Crippen LogP contribution in [0.1, 0.15) is 25.8 Å². The van der Waals surface area contributed by atoms with Crippen LogP contribution in [0, 0.1) is 17.2 Å². The quantitative estimate of drug-likeness (QED) is 0.646.